The van der Waals surface area contributed by atoms with E-state index in [1.807, 2.05) is 0 Å². The van der Waals surface area contributed by atoms with Crippen LogP contribution in [0.5, 0.6) is 0 Å². The maximum absolute atomic E-state index is 12.3. The molecule has 1 aromatic carbocycles. The quantitative estimate of drug-likeness (QED) is 0.822. The first-order valence-electron chi connectivity index (χ1n) is 6.19. The number of pyridine rings is 1. The first kappa shape index (κ1) is 15.4. The van der Waals surface area contributed by atoms with Crippen LogP contribution in [0.3, 0.4) is 0 Å². The summed E-state index contributed by atoms with van der Waals surface area (Å²) in [7, 11) is -3.57. The van der Waals surface area contributed by atoms with E-state index in [9.17, 15) is 8.42 Å². The van der Waals surface area contributed by atoms with Gasteiger partial charge < -0.3 is 5.73 Å². The Morgan fingerprint density at radius 3 is 2.67 bits per heavy atom. The van der Waals surface area contributed by atoms with Crippen molar-refractivity contribution < 1.29 is 8.42 Å². The Morgan fingerprint density at radius 2 is 2.00 bits per heavy atom. The molecule has 21 heavy (non-hydrogen) atoms. The molecule has 0 unspecified atom stereocenters. The lowest BCUT2D eigenvalue weighted by atomic mass is 10.1. The Balaban J connectivity index is 2.27. The minimum atomic E-state index is -3.57. The Morgan fingerprint density at radius 1 is 1.29 bits per heavy atom. The number of thiocarbonyl (C=S) groups is 1. The zero-order valence-electron chi connectivity index (χ0n) is 11.4. The number of aromatic nitrogens is 1. The van der Waals surface area contributed by atoms with Gasteiger partial charge in [-0.15, -0.1) is 0 Å². The number of sulfonamides is 1. The molecule has 0 atom stereocenters. The third kappa shape index (κ3) is 3.99. The van der Waals surface area contributed by atoms with Gasteiger partial charge in [-0.25, -0.2) is 8.42 Å². The van der Waals surface area contributed by atoms with Crippen molar-refractivity contribution in [2.45, 2.75) is 12.7 Å². The smallest absolute Gasteiger partial charge is 0.237 e. The molecule has 1 heterocycles. The van der Waals surface area contributed by atoms with Gasteiger partial charge in [-0.05, 0) is 24.6 Å². The van der Waals surface area contributed by atoms with Gasteiger partial charge in [-0.3, -0.25) is 9.71 Å². The normalized spacial score (nSPS) is 11.1. The largest absolute Gasteiger partial charge is 0.389 e. The summed E-state index contributed by atoms with van der Waals surface area (Å²) in [5, 5.41) is 0. The van der Waals surface area contributed by atoms with E-state index in [0.717, 1.165) is 0 Å². The van der Waals surface area contributed by atoms with E-state index in [0.29, 0.717) is 22.5 Å². The lowest BCUT2D eigenvalue weighted by Crippen LogP contribution is -2.19. The minimum Gasteiger partial charge on any atom is -0.389 e. The van der Waals surface area contributed by atoms with E-state index < -0.39 is 10.0 Å². The Hall–Kier alpha value is -1.99. The molecule has 0 spiro atoms. The molecule has 110 valence electrons. The lowest BCUT2D eigenvalue weighted by molar-refractivity contribution is 0.600. The van der Waals surface area contributed by atoms with Crippen LogP contribution in [0.25, 0.3) is 0 Å². The molecule has 0 aliphatic rings. The van der Waals surface area contributed by atoms with Crippen LogP contribution in [-0.2, 0) is 15.8 Å². The number of rotatable bonds is 5. The molecule has 0 saturated heterocycles. The average Bonchev–Trinajstić information content (AvgIpc) is 2.41. The van der Waals surface area contributed by atoms with Crippen molar-refractivity contribution in [2.24, 2.45) is 5.73 Å². The van der Waals surface area contributed by atoms with Crippen molar-refractivity contribution in [3.8, 4) is 0 Å². The van der Waals surface area contributed by atoms with Gasteiger partial charge in [0.2, 0.25) is 10.0 Å². The van der Waals surface area contributed by atoms with Gasteiger partial charge in [-0.2, -0.15) is 0 Å². The summed E-state index contributed by atoms with van der Waals surface area (Å²) in [6, 6.07) is 10.3. The summed E-state index contributed by atoms with van der Waals surface area (Å²) >= 11 is 4.94. The third-order valence-corrected chi connectivity index (χ3v) is 4.34. The first-order chi connectivity index (χ1) is 9.89. The zero-order valence-corrected chi connectivity index (χ0v) is 13.0. The lowest BCUT2D eigenvalue weighted by Gasteiger charge is -2.12. The summed E-state index contributed by atoms with van der Waals surface area (Å²) in [4.78, 5) is 4.23. The molecular formula is C14H15N3O2S2. The molecule has 0 saturated carbocycles. The highest BCUT2D eigenvalue weighted by Crippen LogP contribution is 2.17. The number of nitrogens with two attached hydrogens (primary N) is 1. The van der Waals surface area contributed by atoms with Crippen LogP contribution in [0.1, 0.15) is 16.8 Å². The van der Waals surface area contributed by atoms with E-state index in [1.54, 1.807) is 49.5 Å². The van der Waals surface area contributed by atoms with Gasteiger partial charge in [0, 0.05) is 11.8 Å². The van der Waals surface area contributed by atoms with Gasteiger partial charge in [0.05, 0.1) is 17.1 Å². The van der Waals surface area contributed by atoms with Crippen molar-refractivity contribution in [3.63, 3.8) is 0 Å². The third-order valence-electron chi connectivity index (χ3n) is 2.90. The van der Waals surface area contributed by atoms with Gasteiger partial charge in [0.15, 0.2) is 0 Å². The standard InChI is InChI=1S/C14H15N3O2S2/c1-10-13(7-4-8-16-10)17-21(18,19)9-11-5-2-3-6-12(11)14(15)20/h2-8,17H,9H2,1H3,(H2,15,20). The fourth-order valence-electron chi connectivity index (χ4n) is 1.89. The summed E-state index contributed by atoms with van der Waals surface area (Å²) in [6.45, 7) is 1.74. The van der Waals surface area contributed by atoms with Crippen LogP contribution in [0.2, 0.25) is 0 Å². The Bertz CT molecular complexity index is 773. The van der Waals surface area contributed by atoms with Gasteiger partial charge in [0.25, 0.3) is 0 Å². The number of nitrogens with one attached hydrogen (secondary N) is 1. The topological polar surface area (TPSA) is 85.1 Å². The first-order valence-corrected chi connectivity index (χ1v) is 8.25. The predicted molar refractivity (Wildman–Crippen MR) is 87.5 cm³/mol. The second-order valence-corrected chi connectivity index (χ2v) is 6.68. The van der Waals surface area contributed by atoms with E-state index >= 15 is 0 Å². The molecule has 0 radical (unpaired) electrons. The fraction of sp³-hybridized carbons (Fsp3) is 0.143. The molecule has 5 nitrogen and oxygen atoms in total. The minimum absolute atomic E-state index is 0.179. The number of aryl methyl sites for hydroxylation is 1. The van der Waals surface area contributed by atoms with Crippen LogP contribution in [0.4, 0.5) is 5.69 Å². The van der Waals surface area contributed by atoms with Crippen molar-refractivity contribution in [1.29, 1.82) is 0 Å². The Kier molecular flexibility index (Phi) is 4.54. The zero-order chi connectivity index (χ0) is 15.5. The van der Waals surface area contributed by atoms with Crippen LogP contribution in [-0.4, -0.2) is 18.4 Å². The van der Waals surface area contributed by atoms with E-state index in [4.69, 9.17) is 18.0 Å². The second-order valence-electron chi connectivity index (χ2n) is 4.52. The maximum Gasteiger partial charge on any atom is 0.237 e. The predicted octanol–water partition coefficient (Wildman–Crippen LogP) is 1.97. The monoisotopic (exact) mass is 321 g/mol. The molecule has 7 heteroatoms. The van der Waals surface area contributed by atoms with Crippen molar-refractivity contribution in [3.05, 3.63) is 59.4 Å². The molecule has 0 bridgehead atoms. The number of hydrogen-bond acceptors (Lipinski definition) is 4. The molecule has 0 amide bonds. The number of nitrogens with zero attached hydrogens (tertiary/aromatic N) is 1. The van der Waals surface area contributed by atoms with Gasteiger partial charge in [-0.1, -0.05) is 36.5 Å². The van der Waals surface area contributed by atoms with Crippen LogP contribution in [0.15, 0.2) is 42.6 Å². The molecule has 1 aromatic heterocycles. The molecule has 0 fully saturated rings. The highest BCUT2D eigenvalue weighted by molar-refractivity contribution is 7.91. The van der Waals surface area contributed by atoms with Crippen LogP contribution >= 0.6 is 12.2 Å². The summed E-state index contributed by atoms with van der Waals surface area (Å²) in [5.41, 5.74) is 7.83. The molecular weight excluding hydrogens is 306 g/mol. The average molecular weight is 321 g/mol. The highest BCUT2D eigenvalue weighted by Gasteiger charge is 2.16. The molecule has 0 aliphatic carbocycles. The second kappa shape index (κ2) is 6.19. The van der Waals surface area contributed by atoms with Crippen molar-refractivity contribution in [1.82, 2.24) is 4.98 Å². The molecule has 0 aliphatic heterocycles. The summed E-state index contributed by atoms with van der Waals surface area (Å²) in [5.74, 6) is -0.200. The summed E-state index contributed by atoms with van der Waals surface area (Å²) in [6.07, 6.45) is 1.61. The SMILES string of the molecule is Cc1ncccc1NS(=O)(=O)Cc1ccccc1C(N)=S. The number of hydrogen-bond donors (Lipinski definition) is 2. The molecule has 3 N–H and O–H groups in total. The van der Waals surface area contributed by atoms with Crippen LogP contribution in [0, 0.1) is 6.92 Å². The number of anilines is 1. The molecule has 2 aromatic rings. The molecule has 2 rings (SSSR count). The van der Waals surface area contributed by atoms with E-state index in [2.05, 4.69) is 9.71 Å². The summed E-state index contributed by atoms with van der Waals surface area (Å²) < 4.78 is 27.1. The van der Waals surface area contributed by atoms with Crippen molar-refractivity contribution >= 4 is 32.9 Å². The van der Waals surface area contributed by atoms with E-state index in [-0.39, 0.29) is 10.7 Å². The van der Waals surface area contributed by atoms with Crippen molar-refractivity contribution in [2.75, 3.05) is 4.72 Å². The highest BCUT2D eigenvalue weighted by atomic mass is 32.2. The Labute approximate surface area is 129 Å². The maximum atomic E-state index is 12.3. The van der Waals surface area contributed by atoms with E-state index in [1.165, 1.54) is 0 Å². The number of benzene rings is 1. The van der Waals surface area contributed by atoms with Gasteiger partial charge >= 0.3 is 0 Å². The fourth-order valence-corrected chi connectivity index (χ4v) is 3.37. The van der Waals surface area contributed by atoms with Gasteiger partial charge in [0.1, 0.15) is 4.99 Å². The van der Waals surface area contributed by atoms with Crippen LogP contribution < -0.4 is 10.5 Å².